The fourth-order valence-electron chi connectivity index (χ4n) is 2.39. The summed E-state index contributed by atoms with van der Waals surface area (Å²) in [5.74, 6) is 0. The minimum absolute atomic E-state index is 0.709. The quantitative estimate of drug-likeness (QED) is 0.691. The first-order valence-electron chi connectivity index (χ1n) is 5.99. The highest BCUT2D eigenvalue weighted by molar-refractivity contribution is 4.79. The van der Waals surface area contributed by atoms with E-state index in [1.165, 1.54) is 45.2 Å². The molecule has 82 valence electrons. The molecule has 2 N–H and O–H groups in total. The van der Waals surface area contributed by atoms with Gasteiger partial charge in [0.25, 0.3) is 0 Å². The lowest BCUT2D eigenvalue weighted by atomic mass is 10.0. The van der Waals surface area contributed by atoms with Gasteiger partial charge in [-0.05, 0) is 45.2 Å². The average Bonchev–Trinajstić information content (AvgIpc) is 2.48. The zero-order valence-electron chi connectivity index (χ0n) is 8.93. The third-order valence-corrected chi connectivity index (χ3v) is 3.26. The van der Waals surface area contributed by atoms with Crippen molar-refractivity contribution >= 4 is 0 Å². The molecule has 2 fully saturated rings. The molecule has 2 aliphatic heterocycles. The second kappa shape index (κ2) is 5.69. The minimum atomic E-state index is 0.709. The average molecular weight is 198 g/mol. The van der Waals surface area contributed by atoms with E-state index in [0.29, 0.717) is 6.04 Å². The molecule has 0 amide bonds. The van der Waals surface area contributed by atoms with Gasteiger partial charge in [-0.25, -0.2) is 0 Å². The molecule has 0 saturated carbocycles. The van der Waals surface area contributed by atoms with Gasteiger partial charge in [0, 0.05) is 25.3 Å². The lowest BCUT2D eigenvalue weighted by molar-refractivity contribution is 0.142. The van der Waals surface area contributed by atoms with Crippen molar-refractivity contribution in [1.29, 1.82) is 0 Å². The van der Waals surface area contributed by atoms with Crippen LogP contribution in [0.5, 0.6) is 0 Å². The predicted molar refractivity (Wildman–Crippen MR) is 57.5 cm³/mol. The molecule has 0 bridgehead atoms. The number of hydrogen-bond acceptors (Lipinski definition) is 3. The zero-order valence-corrected chi connectivity index (χ0v) is 8.93. The van der Waals surface area contributed by atoms with Crippen molar-refractivity contribution in [2.24, 2.45) is 0 Å². The summed E-state index contributed by atoms with van der Waals surface area (Å²) in [7, 11) is 0. The molecule has 3 nitrogen and oxygen atoms in total. The molecule has 2 rings (SSSR count). The smallest absolute Gasteiger partial charge is 0.0480 e. The fraction of sp³-hybridized carbons (Fsp3) is 1.00. The summed E-state index contributed by atoms with van der Waals surface area (Å²) >= 11 is 0. The number of hydrogen-bond donors (Lipinski definition) is 2. The van der Waals surface area contributed by atoms with Crippen molar-refractivity contribution in [3.05, 3.63) is 0 Å². The molecular weight excluding hydrogens is 176 g/mol. The van der Waals surface area contributed by atoms with Crippen LogP contribution in [0, 0.1) is 0 Å². The van der Waals surface area contributed by atoms with Crippen LogP contribution >= 0.6 is 0 Å². The Morgan fingerprint density at radius 3 is 2.57 bits per heavy atom. The molecule has 2 saturated heterocycles. The van der Waals surface area contributed by atoms with Crippen LogP contribution in [0.25, 0.3) is 0 Å². The topological polar surface area (TPSA) is 33.3 Å². The second-order valence-electron chi connectivity index (χ2n) is 4.43. The minimum Gasteiger partial charge on any atom is -0.381 e. The van der Waals surface area contributed by atoms with Gasteiger partial charge >= 0.3 is 0 Å². The van der Waals surface area contributed by atoms with Crippen LogP contribution in [0.3, 0.4) is 0 Å². The molecule has 1 unspecified atom stereocenters. The Labute approximate surface area is 86.6 Å². The molecule has 2 heterocycles. The van der Waals surface area contributed by atoms with Gasteiger partial charge < -0.3 is 15.4 Å². The summed E-state index contributed by atoms with van der Waals surface area (Å²) in [4.78, 5) is 0. The van der Waals surface area contributed by atoms with E-state index >= 15 is 0 Å². The van der Waals surface area contributed by atoms with Gasteiger partial charge in [0.05, 0.1) is 0 Å². The number of rotatable bonds is 2. The molecule has 1 atom stereocenters. The lowest BCUT2D eigenvalue weighted by Gasteiger charge is -2.28. The first-order valence-corrected chi connectivity index (χ1v) is 5.99. The van der Waals surface area contributed by atoms with Crippen molar-refractivity contribution < 1.29 is 4.74 Å². The second-order valence-corrected chi connectivity index (χ2v) is 4.43. The summed E-state index contributed by atoms with van der Waals surface area (Å²) in [5.41, 5.74) is 0. The van der Waals surface area contributed by atoms with E-state index < -0.39 is 0 Å². The van der Waals surface area contributed by atoms with Crippen LogP contribution in [0.2, 0.25) is 0 Å². The first kappa shape index (κ1) is 10.4. The summed E-state index contributed by atoms with van der Waals surface area (Å²) in [6.07, 6.45) is 6.30. The third-order valence-electron chi connectivity index (χ3n) is 3.26. The number of ether oxygens (including phenoxy) is 1. The highest BCUT2D eigenvalue weighted by Gasteiger charge is 2.18. The van der Waals surface area contributed by atoms with E-state index in [4.69, 9.17) is 4.74 Å². The van der Waals surface area contributed by atoms with E-state index in [-0.39, 0.29) is 0 Å². The van der Waals surface area contributed by atoms with Crippen LogP contribution in [0.1, 0.15) is 32.1 Å². The van der Waals surface area contributed by atoms with Crippen LogP contribution in [0.4, 0.5) is 0 Å². The van der Waals surface area contributed by atoms with Crippen molar-refractivity contribution in [1.82, 2.24) is 10.6 Å². The van der Waals surface area contributed by atoms with Gasteiger partial charge in [0.1, 0.15) is 0 Å². The molecule has 2 aliphatic rings. The molecule has 3 heteroatoms. The molecule has 0 spiro atoms. The van der Waals surface area contributed by atoms with E-state index in [1.807, 2.05) is 0 Å². The van der Waals surface area contributed by atoms with Gasteiger partial charge in [-0.3, -0.25) is 0 Å². The Morgan fingerprint density at radius 2 is 1.71 bits per heavy atom. The maximum Gasteiger partial charge on any atom is 0.0480 e. The molecule has 0 aromatic rings. The maximum absolute atomic E-state index is 5.46. The van der Waals surface area contributed by atoms with Crippen molar-refractivity contribution in [3.8, 4) is 0 Å². The van der Waals surface area contributed by atoms with E-state index in [9.17, 15) is 0 Å². The molecular formula is C11H22N2O. The normalized spacial score (nSPS) is 31.3. The largest absolute Gasteiger partial charge is 0.381 e. The predicted octanol–water partition coefficient (Wildman–Crippen LogP) is 0.897. The number of piperidine rings is 1. The molecule has 0 aliphatic carbocycles. The monoisotopic (exact) mass is 198 g/mol. The Morgan fingerprint density at radius 1 is 0.929 bits per heavy atom. The summed E-state index contributed by atoms with van der Waals surface area (Å²) in [6.45, 7) is 4.27. The van der Waals surface area contributed by atoms with Crippen LogP contribution in [0.15, 0.2) is 0 Å². The van der Waals surface area contributed by atoms with E-state index in [1.54, 1.807) is 0 Å². The van der Waals surface area contributed by atoms with Crippen molar-refractivity contribution in [2.75, 3.05) is 26.3 Å². The molecule has 0 aromatic carbocycles. The standard InChI is InChI=1S/C11H22N2O/c1-2-10(5-9-14-8-1)13-11-3-6-12-7-4-11/h10-13H,1-9H2. The Hall–Kier alpha value is -0.120. The maximum atomic E-state index is 5.46. The third kappa shape index (κ3) is 3.23. The number of nitrogens with one attached hydrogen (secondary N) is 2. The molecule has 14 heavy (non-hydrogen) atoms. The van der Waals surface area contributed by atoms with Crippen LogP contribution in [-0.4, -0.2) is 38.4 Å². The molecule has 0 radical (unpaired) electrons. The van der Waals surface area contributed by atoms with Crippen LogP contribution in [-0.2, 0) is 4.74 Å². The Balaban J connectivity index is 1.71. The summed E-state index contributed by atoms with van der Waals surface area (Å²) in [5, 5.41) is 7.18. The zero-order chi connectivity index (χ0) is 9.64. The fourth-order valence-corrected chi connectivity index (χ4v) is 2.39. The van der Waals surface area contributed by atoms with Gasteiger partial charge in [-0.1, -0.05) is 0 Å². The SMILES string of the molecule is C1COCCC(NC2CCNCC2)C1. The van der Waals surface area contributed by atoms with Crippen LogP contribution < -0.4 is 10.6 Å². The van der Waals surface area contributed by atoms with Gasteiger partial charge in [-0.2, -0.15) is 0 Å². The highest BCUT2D eigenvalue weighted by atomic mass is 16.5. The van der Waals surface area contributed by atoms with Gasteiger partial charge in [0.15, 0.2) is 0 Å². The Kier molecular flexibility index (Phi) is 4.22. The highest BCUT2D eigenvalue weighted by Crippen LogP contribution is 2.11. The Bertz CT molecular complexity index is 149. The summed E-state index contributed by atoms with van der Waals surface area (Å²) in [6, 6.07) is 1.46. The van der Waals surface area contributed by atoms with E-state index in [2.05, 4.69) is 10.6 Å². The lowest BCUT2D eigenvalue weighted by Crippen LogP contribution is -2.44. The van der Waals surface area contributed by atoms with Crippen molar-refractivity contribution in [2.45, 2.75) is 44.2 Å². The van der Waals surface area contributed by atoms with E-state index in [0.717, 1.165) is 19.3 Å². The van der Waals surface area contributed by atoms with Crippen molar-refractivity contribution in [3.63, 3.8) is 0 Å². The first-order chi connectivity index (χ1) is 6.95. The van der Waals surface area contributed by atoms with Gasteiger partial charge in [0.2, 0.25) is 0 Å². The molecule has 0 aromatic heterocycles. The van der Waals surface area contributed by atoms with Gasteiger partial charge in [-0.15, -0.1) is 0 Å². The summed E-state index contributed by atoms with van der Waals surface area (Å²) < 4.78 is 5.46.